The van der Waals surface area contributed by atoms with Gasteiger partial charge in [0.2, 0.25) is 15.9 Å². The van der Waals surface area contributed by atoms with E-state index >= 15 is 0 Å². The lowest BCUT2D eigenvalue weighted by Gasteiger charge is -2.20. The maximum absolute atomic E-state index is 12.8. The number of sulfonamides is 1. The van der Waals surface area contributed by atoms with E-state index in [0.29, 0.717) is 12.1 Å². The monoisotopic (exact) mass is 389 g/mol. The number of hydrogen-bond acceptors (Lipinski definition) is 5. The van der Waals surface area contributed by atoms with Crippen molar-refractivity contribution in [2.45, 2.75) is 30.6 Å². The smallest absolute Gasteiger partial charge is 0.239 e. The first-order valence-electron chi connectivity index (χ1n) is 9.17. The first-order valence-corrected chi connectivity index (χ1v) is 10.7. The van der Waals surface area contributed by atoms with Gasteiger partial charge in [0.15, 0.2) is 0 Å². The summed E-state index contributed by atoms with van der Waals surface area (Å²) in [5, 5.41) is 6.60. The molecular formula is C18H23N5O3S. The second kappa shape index (κ2) is 7.32. The summed E-state index contributed by atoms with van der Waals surface area (Å²) in [5.41, 5.74) is 1.25. The van der Waals surface area contributed by atoms with Crippen molar-refractivity contribution < 1.29 is 13.2 Å². The summed E-state index contributed by atoms with van der Waals surface area (Å²) in [6.45, 7) is 1.82. The van der Waals surface area contributed by atoms with Crippen LogP contribution in [0.1, 0.15) is 19.3 Å². The summed E-state index contributed by atoms with van der Waals surface area (Å²) in [5.74, 6) is 0.0193. The van der Waals surface area contributed by atoms with E-state index < -0.39 is 21.3 Å². The maximum Gasteiger partial charge on any atom is 0.239 e. The van der Waals surface area contributed by atoms with Crippen LogP contribution < -0.4 is 10.0 Å². The predicted octanol–water partition coefficient (Wildman–Crippen LogP) is 0.967. The van der Waals surface area contributed by atoms with Crippen LogP contribution in [0.4, 0.5) is 5.69 Å². The molecule has 2 saturated heterocycles. The van der Waals surface area contributed by atoms with Gasteiger partial charge in [-0.1, -0.05) is 6.07 Å². The minimum absolute atomic E-state index is 0.0193. The molecule has 1 amide bonds. The Balaban J connectivity index is 1.43. The molecule has 27 heavy (non-hydrogen) atoms. The third kappa shape index (κ3) is 3.84. The number of aromatic nitrogens is 2. The van der Waals surface area contributed by atoms with Gasteiger partial charge in [0.05, 0.1) is 22.7 Å². The van der Waals surface area contributed by atoms with Crippen LogP contribution in [0.25, 0.3) is 5.69 Å². The van der Waals surface area contributed by atoms with Gasteiger partial charge < -0.3 is 10.2 Å². The Kier molecular flexibility index (Phi) is 4.88. The summed E-state index contributed by atoms with van der Waals surface area (Å²) >= 11 is 0. The second-order valence-electron chi connectivity index (χ2n) is 7.00. The SMILES string of the molecule is O=C(C1CC(S(=O)(=O)Nc2cccc(-n3cccn3)c2)CN1)N1CCCC1. The molecule has 2 N–H and O–H groups in total. The summed E-state index contributed by atoms with van der Waals surface area (Å²) in [6, 6.07) is 8.46. The molecule has 2 unspecified atom stereocenters. The van der Waals surface area contributed by atoms with E-state index in [1.165, 1.54) is 0 Å². The van der Waals surface area contributed by atoms with E-state index in [1.54, 1.807) is 41.3 Å². The van der Waals surface area contributed by atoms with E-state index in [9.17, 15) is 13.2 Å². The molecule has 0 saturated carbocycles. The molecule has 2 atom stereocenters. The average molecular weight is 389 g/mol. The highest BCUT2D eigenvalue weighted by Gasteiger charge is 2.39. The molecule has 4 rings (SSSR count). The van der Waals surface area contributed by atoms with Gasteiger partial charge in [-0.05, 0) is 43.5 Å². The third-order valence-electron chi connectivity index (χ3n) is 5.12. The van der Waals surface area contributed by atoms with Crippen LogP contribution in [0.5, 0.6) is 0 Å². The van der Waals surface area contributed by atoms with Gasteiger partial charge in [-0.15, -0.1) is 0 Å². The molecule has 2 fully saturated rings. The topological polar surface area (TPSA) is 96.3 Å². The number of nitrogens with zero attached hydrogens (tertiary/aromatic N) is 3. The zero-order valence-corrected chi connectivity index (χ0v) is 15.7. The summed E-state index contributed by atoms with van der Waals surface area (Å²) in [6.07, 6.45) is 5.80. The van der Waals surface area contributed by atoms with Crippen LogP contribution in [-0.4, -0.2) is 59.9 Å². The van der Waals surface area contributed by atoms with Gasteiger partial charge >= 0.3 is 0 Å². The molecular weight excluding hydrogens is 366 g/mol. The highest BCUT2D eigenvalue weighted by atomic mass is 32.2. The fraction of sp³-hybridized carbons (Fsp3) is 0.444. The van der Waals surface area contributed by atoms with Gasteiger partial charge in [0.25, 0.3) is 0 Å². The molecule has 3 heterocycles. The zero-order chi connectivity index (χ0) is 18.9. The van der Waals surface area contributed by atoms with E-state index in [1.807, 2.05) is 11.0 Å². The molecule has 1 aromatic carbocycles. The van der Waals surface area contributed by atoms with E-state index in [0.717, 1.165) is 31.6 Å². The first kappa shape index (κ1) is 18.0. The number of likely N-dealkylation sites (tertiary alicyclic amines) is 1. The van der Waals surface area contributed by atoms with Crippen molar-refractivity contribution in [3.63, 3.8) is 0 Å². The summed E-state index contributed by atoms with van der Waals surface area (Å²) in [7, 11) is -3.60. The lowest BCUT2D eigenvalue weighted by atomic mass is 10.2. The van der Waals surface area contributed by atoms with Crippen LogP contribution in [0.3, 0.4) is 0 Å². The van der Waals surface area contributed by atoms with Crippen molar-refractivity contribution >= 4 is 21.6 Å². The normalized spacial score (nSPS) is 22.9. The van der Waals surface area contributed by atoms with Crippen LogP contribution in [0.15, 0.2) is 42.7 Å². The minimum atomic E-state index is -3.60. The lowest BCUT2D eigenvalue weighted by molar-refractivity contribution is -0.131. The number of benzene rings is 1. The van der Waals surface area contributed by atoms with Crippen molar-refractivity contribution in [2.75, 3.05) is 24.4 Å². The van der Waals surface area contributed by atoms with Gasteiger partial charge in [-0.25, -0.2) is 13.1 Å². The van der Waals surface area contributed by atoms with Crippen LogP contribution in [0, 0.1) is 0 Å². The van der Waals surface area contributed by atoms with Crippen LogP contribution in [-0.2, 0) is 14.8 Å². The number of carbonyl (C=O) groups excluding carboxylic acids is 1. The molecule has 144 valence electrons. The number of amides is 1. The molecule has 9 heteroatoms. The highest BCUT2D eigenvalue weighted by molar-refractivity contribution is 7.93. The Morgan fingerprint density at radius 3 is 2.78 bits per heavy atom. The van der Waals surface area contributed by atoms with Crippen molar-refractivity contribution in [2.24, 2.45) is 0 Å². The third-order valence-corrected chi connectivity index (χ3v) is 6.88. The summed E-state index contributed by atoms with van der Waals surface area (Å²) < 4.78 is 29.9. The fourth-order valence-corrected chi connectivity index (χ4v) is 5.05. The van der Waals surface area contributed by atoms with E-state index in [2.05, 4.69) is 15.1 Å². The molecule has 0 bridgehead atoms. The van der Waals surface area contributed by atoms with Crippen molar-refractivity contribution in [3.05, 3.63) is 42.7 Å². The Bertz CT molecular complexity index is 907. The molecule has 2 aliphatic rings. The Morgan fingerprint density at radius 1 is 1.22 bits per heavy atom. The van der Waals surface area contributed by atoms with Crippen molar-refractivity contribution in [3.8, 4) is 5.69 Å². The van der Waals surface area contributed by atoms with E-state index in [-0.39, 0.29) is 12.5 Å². The van der Waals surface area contributed by atoms with Crippen molar-refractivity contribution in [1.82, 2.24) is 20.0 Å². The first-order chi connectivity index (χ1) is 13.0. The lowest BCUT2D eigenvalue weighted by Crippen LogP contribution is -2.42. The number of rotatable bonds is 5. The Hall–Kier alpha value is -2.39. The Morgan fingerprint density at radius 2 is 2.04 bits per heavy atom. The number of anilines is 1. The van der Waals surface area contributed by atoms with Crippen LogP contribution >= 0.6 is 0 Å². The van der Waals surface area contributed by atoms with E-state index in [4.69, 9.17) is 0 Å². The molecule has 8 nitrogen and oxygen atoms in total. The van der Waals surface area contributed by atoms with Gasteiger partial charge in [-0.3, -0.25) is 9.52 Å². The largest absolute Gasteiger partial charge is 0.341 e. The zero-order valence-electron chi connectivity index (χ0n) is 14.9. The second-order valence-corrected chi connectivity index (χ2v) is 8.96. The van der Waals surface area contributed by atoms with Gasteiger partial charge in [0, 0.05) is 32.0 Å². The van der Waals surface area contributed by atoms with Gasteiger partial charge in [0.1, 0.15) is 0 Å². The molecule has 0 spiro atoms. The number of hydrogen-bond donors (Lipinski definition) is 2. The predicted molar refractivity (Wildman–Crippen MR) is 102 cm³/mol. The molecule has 1 aromatic heterocycles. The van der Waals surface area contributed by atoms with Crippen molar-refractivity contribution in [1.29, 1.82) is 0 Å². The molecule has 2 aliphatic heterocycles. The molecule has 0 aliphatic carbocycles. The summed E-state index contributed by atoms with van der Waals surface area (Å²) in [4.78, 5) is 14.3. The minimum Gasteiger partial charge on any atom is -0.341 e. The standard InChI is InChI=1S/C18H23N5O3S/c24-18(22-8-1-2-9-22)17-12-16(13-19-17)27(25,26)21-14-5-3-6-15(11-14)23-10-4-7-20-23/h3-7,10-11,16-17,19,21H,1-2,8-9,12-13H2. The quantitative estimate of drug-likeness (QED) is 0.794. The molecule has 2 aromatic rings. The average Bonchev–Trinajstić information content (AvgIpc) is 3.44. The van der Waals surface area contributed by atoms with Gasteiger partial charge in [-0.2, -0.15) is 5.10 Å². The maximum atomic E-state index is 12.8. The van der Waals surface area contributed by atoms with Crippen LogP contribution in [0.2, 0.25) is 0 Å². The fourth-order valence-electron chi connectivity index (χ4n) is 3.67. The number of nitrogens with one attached hydrogen (secondary N) is 2. The highest BCUT2D eigenvalue weighted by Crippen LogP contribution is 2.22. The molecule has 0 radical (unpaired) electrons. The number of carbonyl (C=O) groups is 1. The Labute approximate surface area is 158 Å².